The molecule has 2 saturated carbocycles. The molecule has 0 bridgehead atoms. The van der Waals surface area contributed by atoms with Crippen LogP contribution in [0.4, 0.5) is 0 Å². The van der Waals surface area contributed by atoms with Gasteiger partial charge in [-0.3, -0.25) is 0 Å². The summed E-state index contributed by atoms with van der Waals surface area (Å²) < 4.78 is 0. The molecular formula is C19H41OZr-. The van der Waals surface area contributed by atoms with Gasteiger partial charge in [0, 0.05) is 33.3 Å². The summed E-state index contributed by atoms with van der Waals surface area (Å²) in [6.07, 6.45) is 17.5. The van der Waals surface area contributed by atoms with Gasteiger partial charge in [0.05, 0.1) is 0 Å². The molecule has 2 heteroatoms. The third-order valence-electron chi connectivity index (χ3n) is 4.47. The molecule has 0 saturated heterocycles. The standard InChI is InChI=1S/C8H17.2C5H10.CH4O.Zr/c1-5-7(3)8(4)6-2;2*1-2-4-5-3-1;1-2;/h7-8H,3,5-6H2,1-2,4H3;2*1-5H2;2H,1H3;/q-1;;;;/t7-,8-;;;;/m0..../s1. The second kappa shape index (κ2) is 23.1. The molecule has 2 atom stereocenters. The average molecular weight is 377 g/mol. The Balaban J connectivity index is -0.000000219. The fourth-order valence-corrected chi connectivity index (χ4v) is 2.50. The first-order valence-corrected chi connectivity index (χ1v) is 9.00. The second-order valence-electron chi connectivity index (χ2n) is 6.09. The van der Waals surface area contributed by atoms with E-state index in [1.807, 2.05) is 0 Å². The largest absolute Gasteiger partial charge is 0.400 e. The van der Waals surface area contributed by atoms with Crippen molar-refractivity contribution in [3.8, 4) is 0 Å². The van der Waals surface area contributed by atoms with E-state index in [1.54, 1.807) is 0 Å². The Morgan fingerprint density at radius 1 is 0.714 bits per heavy atom. The second-order valence-corrected chi connectivity index (χ2v) is 6.09. The summed E-state index contributed by atoms with van der Waals surface area (Å²) in [6, 6.07) is 0. The Bertz CT molecular complexity index is 120. The van der Waals surface area contributed by atoms with Gasteiger partial charge in [0.25, 0.3) is 0 Å². The van der Waals surface area contributed by atoms with Gasteiger partial charge >= 0.3 is 0 Å². The molecule has 0 amide bonds. The summed E-state index contributed by atoms with van der Waals surface area (Å²) in [5.41, 5.74) is 0. The zero-order valence-corrected chi connectivity index (χ0v) is 17.8. The van der Waals surface area contributed by atoms with Gasteiger partial charge in [-0.05, 0) is 0 Å². The number of rotatable bonds is 3. The molecule has 0 aliphatic heterocycles. The molecule has 0 spiro atoms. The molecular weight excluding hydrogens is 335 g/mol. The normalized spacial score (nSPS) is 18.6. The molecule has 2 rings (SSSR count). The third kappa shape index (κ3) is 20.8. The monoisotopic (exact) mass is 375 g/mol. The van der Waals surface area contributed by atoms with Gasteiger partial charge in [0.15, 0.2) is 0 Å². The van der Waals surface area contributed by atoms with Crippen LogP contribution in [0.5, 0.6) is 0 Å². The van der Waals surface area contributed by atoms with Crippen molar-refractivity contribution in [2.75, 3.05) is 7.11 Å². The molecule has 1 N–H and O–H groups in total. The van der Waals surface area contributed by atoms with Crippen LogP contribution in [-0.4, -0.2) is 12.2 Å². The first-order valence-electron chi connectivity index (χ1n) is 9.00. The molecule has 2 aliphatic carbocycles. The number of aliphatic hydroxyl groups is 1. The van der Waals surface area contributed by atoms with Crippen LogP contribution in [0.15, 0.2) is 0 Å². The minimum Gasteiger partial charge on any atom is -0.400 e. The fourth-order valence-electron chi connectivity index (χ4n) is 2.50. The van der Waals surface area contributed by atoms with Gasteiger partial charge in [-0.25, -0.2) is 0 Å². The molecule has 0 heterocycles. The molecule has 0 unspecified atom stereocenters. The Morgan fingerprint density at radius 2 is 0.952 bits per heavy atom. The maximum atomic E-state index is 7.00. The number of aliphatic hydroxyl groups excluding tert-OH is 1. The number of hydrogen-bond donors (Lipinski definition) is 1. The molecule has 0 aromatic rings. The summed E-state index contributed by atoms with van der Waals surface area (Å²) in [6.45, 7) is 10.7. The summed E-state index contributed by atoms with van der Waals surface area (Å²) >= 11 is 0. The Hall–Kier alpha value is 0.843. The minimum atomic E-state index is 0. The van der Waals surface area contributed by atoms with Crippen molar-refractivity contribution in [1.82, 2.24) is 0 Å². The van der Waals surface area contributed by atoms with Crippen LogP contribution in [0.3, 0.4) is 0 Å². The zero-order valence-electron chi connectivity index (χ0n) is 15.3. The van der Waals surface area contributed by atoms with Crippen molar-refractivity contribution >= 4 is 0 Å². The van der Waals surface area contributed by atoms with E-state index in [4.69, 9.17) is 5.11 Å². The molecule has 1 nitrogen and oxygen atoms in total. The van der Waals surface area contributed by atoms with E-state index in [1.165, 1.54) is 77.0 Å². The quantitative estimate of drug-likeness (QED) is 0.565. The van der Waals surface area contributed by atoms with E-state index in [2.05, 4.69) is 27.7 Å². The summed E-state index contributed by atoms with van der Waals surface area (Å²) in [5.74, 6) is 1.47. The zero-order chi connectivity index (χ0) is 15.6. The summed E-state index contributed by atoms with van der Waals surface area (Å²) in [5, 5.41) is 7.00. The van der Waals surface area contributed by atoms with Crippen molar-refractivity contribution in [1.29, 1.82) is 0 Å². The first kappa shape index (κ1) is 26.7. The van der Waals surface area contributed by atoms with Crippen LogP contribution in [0.25, 0.3) is 0 Å². The van der Waals surface area contributed by atoms with E-state index in [9.17, 15) is 0 Å². The summed E-state index contributed by atoms with van der Waals surface area (Å²) in [7, 11) is 1.00. The van der Waals surface area contributed by atoms with Gasteiger partial charge < -0.3 is 12.0 Å². The van der Waals surface area contributed by atoms with E-state index in [-0.39, 0.29) is 26.2 Å². The average Bonchev–Trinajstić information content (AvgIpc) is 3.25. The SMILES string of the molecule is C1CCCC1.C1CCCC1.CO.[CH2-][C@@H](CC)[C@@H](C)CC.[Zr]. The van der Waals surface area contributed by atoms with Crippen molar-refractivity contribution in [2.24, 2.45) is 11.8 Å². The van der Waals surface area contributed by atoms with Gasteiger partial charge in [-0.2, -0.15) is 5.92 Å². The Labute approximate surface area is 154 Å². The van der Waals surface area contributed by atoms with Crippen molar-refractivity contribution in [2.45, 2.75) is 97.8 Å². The van der Waals surface area contributed by atoms with Crippen LogP contribution >= 0.6 is 0 Å². The smallest absolute Gasteiger partial charge is 0.0319 e. The minimum absolute atomic E-state index is 0. The summed E-state index contributed by atoms with van der Waals surface area (Å²) in [4.78, 5) is 0. The molecule has 2 aliphatic rings. The first-order chi connectivity index (χ1) is 9.72. The third-order valence-corrected chi connectivity index (χ3v) is 4.47. The molecule has 0 radical (unpaired) electrons. The van der Waals surface area contributed by atoms with Crippen LogP contribution < -0.4 is 0 Å². The predicted octanol–water partition coefficient (Wildman–Crippen LogP) is 6.40. The van der Waals surface area contributed by atoms with Gasteiger partial charge in [0.2, 0.25) is 0 Å². The van der Waals surface area contributed by atoms with Gasteiger partial charge in [-0.15, -0.1) is 0 Å². The van der Waals surface area contributed by atoms with Crippen LogP contribution in [-0.2, 0) is 26.2 Å². The van der Waals surface area contributed by atoms with Gasteiger partial charge in [0.1, 0.15) is 0 Å². The van der Waals surface area contributed by atoms with Crippen LogP contribution in [0.1, 0.15) is 97.8 Å². The molecule has 21 heavy (non-hydrogen) atoms. The van der Waals surface area contributed by atoms with Crippen molar-refractivity contribution < 1.29 is 31.3 Å². The van der Waals surface area contributed by atoms with Crippen molar-refractivity contribution in [3.63, 3.8) is 0 Å². The Morgan fingerprint density at radius 3 is 1.05 bits per heavy atom. The molecule has 2 fully saturated rings. The van der Waals surface area contributed by atoms with E-state index in [0.717, 1.165) is 13.0 Å². The van der Waals surface area contributed by atoms with E-state index < -0.39 is 0 Å². The Kier molecular flexibility index (Phi) is 29.4. The predicted molar refractivity (Wildman–Crippen MR) is 92.9 cm³/mol. The van der Waals surface area contributed by atoms with E-state index in [0.29, 0.717) is 5.92 Å². The maximum absolute atomic E-state index is 7.00. The molecule has 0 aromatic carbocycles. The molecule has 128 valence electrons. The molecule has 0 aromatic heterocycles. The maximum Gasteiger partial charge on any atom is 0.0319 e. The van der Waals surface area contributed by atoms with Gasteiger partial charge in [-0.1, -0.05) is 104 Å². The topological polar surface area (TPSA) is 20.2 Å². The van der Waals surface area contributed by atoms with Crippen LogP contribution in [0, 0.1) is 18.8 Å². The van der Waals surface area contributed by atoms with Crippen LogP contribution in [0.2, 0.25) is 0 Å². The number of hydrogen-bond acceptors (Lipinski definition) is 1. The fraction of sp³-hybridized carbons (Fsp3) is 0.947. The van der Waals surface area contributed by atoms with Crippen molar-refractivity contribution in [3.05, 3.63) is 6.92 Å². The van der Waals surface area contributed by atoms with E-state index >= 15 is 0 Å².